The largest absolute Gasteiger partial charge is 0.370 e. The van der Waals surface area contributed by atoms with Crippen molar-refractivity contribution < 1.29 is 0 Å². The van der Waals surface area contributed by atoms with Crippen LogP contribution >= 0.6 is 0 Å². The molecule has 3 rings (SSSR count). The van der Waals surface area contributed by atoms with Crippen LogP contribution in [0.2, 0.25) is 0 Å². The third-order valence-corrected chi connectivity index (χ3v) is 2.86. The zero-order chi connectivity index (χ0) is 15.5. The van der Waals surface area contributed by atoms with E-state index in [9.17, 15) is 0 Å². The van der Waals surface area contributed by atoms with E-state index in [1.165, 1.54) is 0 Å². The quantitative estimate of drug-likeness (QED) is 0.409. The Balaban J connectivity index is 1.99. The number of guanidine groups is 2. The molecule has 2 aromatic heterocycles. The lowest BCUT2D eigenvalue weighted by Gasteiger charge is -1.96. The first-order chi connectivity index (χ1) is 10.6. The summed E-state index contributed by atoms with van der Waals surface area (Å²) in [7, 11) is 0. The van der Waals surface area contributed by atoms with E-state index in [1.54, 1.807) is 12.3 Å². The number of nitrogens with one attached hydrogen (secondary N) is 1. The highest BCUT2D eigenvalue weighted by Crippen LogP contribution is 2.23. The zero-order valence-corrected chi connectivity index (χ0v) is 11.6. The zero-order valence-electron chi connectivity index (χ0n) is 11.6. The van der Waals surface area contributed by atoms with Crippen molar-refractivity contribution in [1.29, 1.82) is 0 Å². The van der Waals surface area contributed by atoms with Crippen LogP contribution in [0.3, 0.4) is 0 Å². The Morgan fingerprint density at radius 1 is 1.09 bits per heavy atom. The second kappa shape index (κ2) is 5.52. The van der Waals surface area contributed by atoms with E-state index in [0.29, 0.717) is 11.5 Å². The normalized spacial score (nSPS) is 11.5. The van der Waals surface area contributed by atoms with Crippen molar-refractivity contribution in [3.8, 4) is 11.5 Å². The molecular weight excluding hydrogens is 280 g/mol. The molecule has 0 amide bonds. The van der Waals surface area contributed by atoms with Gasteiger partial charge < -0.3 is 22.2 Å². The predicted molar refractivity (Wildman–Crippen MR) is 86.4 cm³/mol. The van der Waals surface area contributed by atoms with E-state index in [4.69, 9.17) is 17.2 Å². The highest BCUT2D eigenvalue weighted by Gasteiger charge is 2.06. The molecule has 8 nitrogen and oxygen atoms in total. The first-order valence-corrected chi connectivity index (χ1v) is 6.47. The number of H-pyrrole nitrogens is 1. The summed E-state index contributed by atoms with van der Waals surface area (Å²) in [6.45, 7) is 0. The van der Waals surface area contributed by atoms with Gasteiger partial charge in [-0.05, 0) is 30.3 Å². The van der Waals surface area contributed by atoms with E-state index < -0.39 is 0 Å². The molecule has 0 saturated carbocycles. The molecule has 0 aliphatic heterocycles. The Kier molecular flexibility index (Phi) is 3.40. The van der Waals surface area contributed by atoms with Crippen LogP contribution in [0.5, 0.6) is 0 Å². The number of aliphatic imine (C=N–C) groups is 2. The summed E-state index contributed by atoms with van der Waals surface area (Å²) >= 11 is 0. The molecule has 0 bridgehead atoms. The molecule has 0 saturated heterocycles. The standard InChI is InChI=1S/C14H14N8/c15-13(16)22-14(17)19-8-4-5-9-11(7-8)21-12(20-9)10-3-1-2-6-18-10/h1-7H,(H,20,21)(H6,15,16,17,19,22). The van der Waals surface area contributed by atoms with Gasteiger partial charge in [0, 0.05) is 6.20 Å². The number of benzene rings is 1. The van der Waals surface area contributed by atoms with Gasteiger partial charge in [0.05, 0.1) is 16.7 Å². The molecule has 0 aliphatic rings. The maximum atomic E-state index is 5.61. The Bertz CT molecular complexity index is 859. The first-order valence-electron chi connectivity index (χ1n) is 6.47. The highest BCUT2D eigenvalue weighted by molar-refractivity contribution is 5.94. The number of fused-ring (bicyclic) bond motifs is 1. The molecule has 0 atom stereocenters. The van der Waals surface area contributed by atoms with Crippen LogP contribution in [-0.4, -0.2) is 26.9 Å². The van der Waals surface area contributed by atoms with Crippen molar-refractivity contribution in [1.82, 2.24) is 15.0 Å². The Morgan fingerprint density at radius 3 is 2.68 bits per heavy atom. The van der Waals surface area contributed by atoms with Gasteiger partial charge >= 0.3 is 0 Å². The summed E-state index contributed by atoms with van der Waals surface area (Å²) in [6, 6.07) is 11.1. The van der Waals surface area contributed by atoms with Crippen LogP contribution in [0.25, 0.3) is 22.6 Å². The van der Waals surface area contributed by atoms with Gasteiger partial charge in [-0.15, -0.1) is 0 Å². The molecule has 110 valence electrons. The summed E-state index contributed by atoms with van der Waals surface area (Å²) in [4.78, 5) is 19.7. The fraction of sp³-hybridized carbons (Fsp3) is 0. The summed E-state index contributed by atoms with van der Waals surface area (Å²) < 4.78 is 0. The molecular formula is C14H14N8. The summed E-state index contributed by atoms with van der Waals surface area (Å²) in [5.41, 5.74) is 19.1. The number of aromatic amines is 1. The van der Waals surface area contributed by atoms with E-state index in [0.717, 1.165) is 16.7 Å². The van der Waals surface area contributed by atoms with Crippen LogP contribution < -0.4 is 17.2 Å². The minimum atomic E-state index is -0.138. The molecule has 0 spiro atoms. The Morgan fingerprint density at radius 2 is 1.95 bits per heavy atom. The lowest BCUT2D eigenvalue weighted by atomic mass is 10.3. The van der Waals surface area contributed by atoms with Gasteiger partial charge in [-0.1, -0.05) is 6.07 Å². The fourth-order valence-corrected chi connectivity index (χ4v) is 1.98. The molecule has 0 radical (unpaired) electrons. The van der Waals surface area contributed by atoms with E-state index in [1.807, 2.05) is 30.3 Å². The van der Waals surface area contributed by atoms with Crippen molar-refractivity contribution in [2.45, 2.75) is 0 Å². The highest BCUT2D eigenvalue weighted by atomic mass is 15.1. The van der Waals surface area contributed by atoms with Crippen LogP contribution in [-0.2, 0) is 0 Å². The summed E-state index contributed by atoms with van der Waals surface area (Å²) in [5, 5.41) is 0. The van der Waals surface area contributed by atoms with Crippen LogP contribution in [0, 0.1) is 0 Å². The minimum Gasteiger partial charge on any atom is -0.370 e. The molecule has 0 fully saturated rings. The van der Waals surface area contributed by atoms with Gasteiger partial charge in [-0.2, -0.15) is 4.99 Å². The molecule has 2 heterocycles. The predicted octanol–water partition coefficient (Wildman–Crippen LogP) is 0.845. The van der Waals surface area contributed by atoms with Gasteiger partial charge in [0.25, 0.3) is 0 Å². The van der Waals surface area contributed by atoms with Crippen molar-refractivity contribution in [2.24, 2.45) is 27.2 Å². The van der Waals surface area contributed by atoms with Crippen molar-refractivity contribution in [2.75, 3.05) is 0 Å². The smallest absolute Gasteiger partial charge is 0.223 e. The third-order valence-electron chi connectivity index (χ3n) is 2.86. The third kappa shape index (κ3) is 2.85. The number of nitrogens with two attached hydrogens (primary N) is 3. The van der Waals surface area contributed by atoms with Gasteiger partial charge in [0.2, 0.25) is 5.96 Å². The van der Waals surface area contributed by atoms with Gasteiger partial charge in [0.15, 0.2) is 11.8 Å². The first kappa shape index (κ1) is 13.6. The number of imidazole rings is 1. The molecule has 0 aliphatic carbocycles. The molecule has 8 heteroatoms. The Labute approximate surface area is 125 Å². The van der Waals surface area contributed by atoms with E-state index in [-0.39, 0.29) is 11.9 Å². The number of rotatable bonds is 2. The van der Waals surface area contributed by atoms with Gasteiger partial charge in [-0.25, -0.2) is 9.98 Å². The molecule has 7 N–H and O–H groups in total. The second-order valence-electron chi connectivity index (χ2n) is 4.51. The number of pyridine rings is 1. The molecule has 3 aromatic rings. The van der Waals surface area contributed by atoms with Crippen molar-refractivity contribution >= 4 is 28.6 Å². The SMILES string of the molecule is NC(N)=NC(N)=Nc1ccc2nc(-c3ccccn3)[nH]c2c1. The summed E-state index contributed by atoms with van der Waals surface area (Å²) in [5.74, 6) is 0.541. The lowest BCUT2D eigenvalue weighted by Crippen LogP contribution is -2.26. The maximum absolute atomic E-state index is 5.61. The fourth-order valence-electron chi connectivity index (χ4n) is 1.98. The van der Waals surface area contributed by atoms with Gasteiger partial charge in [-0.3, -0.25) is 4.98 Å². The van der Waals surface area contributed by atoms with Crippen LogP contribution in [0.15, 0.2) is 52.6 Å². The topological polar surface area (TPSA) is 144 Å². The monoisotopic (exact) mass is 294 g/mol. The summed E-state index contributed by atoms with van der Waals surface area (Å²) in [6.07, 6.45) is 1.72. The van der Waals surface area contributed by atoms with Gasteiger partial charge in [0.1, 0.15) is 5.69 Å². The molecule has 0 unspecified atom stereocenters. The van der Waals surface area contributed by atoms with E-state index >= 15 is 0 Å². The second-order valence-corrected chi connectivity index (χ2v) is 4.51. The number of nitrogens with zero attached hydrogens (tertiary/aromatic N) is 4. The molecule has 22 heavy (non-hydrogen) atoms. The Hall–Kier alpha value is -3.42. The van der Waals surface area contributed by atoms with Crippen molar-refractivity contribution in [3.63, 3.8) is 0 Å². The average Bonchev–Trinajstić information content (AvgIpc) is 2.90. The average molecular weight is 294 g/mol. The minimum absolute atomic E-state index is 0.0104. The van der Waals surface area contributed by atoms with Crippen LogP contribution in [0.4, 0.5) is 5.69 Å². The van der Waals surface area contributed by atoms with Crippen molar-refractivity contribution in [3.05, 3.63) is 42.6 Å². The number of aromatic nitrogens is 3. The number of hydrogen-bond acceptors (Lipinski definition) is 3. The van der Waals surface area contributed by atoms with Crippen LogP contribution in [0.1, 0.15) is 0 Å². The molecule has 1 aromatic carbocycles. The maximum Gasteiger partial charge on any atom is 0.223 e. The lowest BCUT2D eigenvalue weighted by molar-refractivity contribution is 1.24. The number of hydrogen-bond donors (Lipinski definition) is 4. The van der Waals surface area contributed by atoms with E-state index in [2.05, 4.69) is 24.9 Å².